The van der Waals surface area contributed by atoms with Gasteiger partial charge in [0.25, 0.3) is 0 Å². The molecule has 0 bridgehead atoms. The molecule has 2 saturated carbocycles. The number of rotatable bonds is 6. The Kier molecular flexibility index (Phi) is 4.26. The average Bonchev–Trinajstić information content (AvgIpc) is 2.98. The van der Waals surface area contributed by atoms with Crippen molar-refractivity contribution in [2.75, 3.05) is 20.1 Å². The van der Waals surface area contributed by atoms with Crippen LogP contribution in [-0.4, -0.2) is 37.1 Å². The van der Waals surface area contributed by atoms with Gasteiger partial charge in [-0.1, -0.05) is 20.3 Å². The maximum atomic E-state index is 3.51. The molecular formula is C14H28N2. The van der Waals surface area contributed by atoms with E-state index in [2.05, 4.69) is 31.1 Å². The molecule has 16 heavy (non-hydrogen) atoms. The molecule has 2 rings (SSSR count). The first-order valence-corrected chi connectivity index (χ1v) is 7.12. The van der Waals surface area contributed by atoms with E-state index in [4.69, 9.17) is 0 Å². The molecule has 0 aromatic carbocycles. The van der Waals surface area contributed by atoms with E-state index in [0.29, 0.717) is 0 Å². The molecule has 2 atom stereocenters. The van der Waals surface area contributed by atoms with Crippen LogP contribution in [0.15, 0.2) is 0 Å². The quantitative estimate of drug-likeness (QED) is 0.746. The first-order chi connectivity index (χ1) is 7.70. The van der Waals surface area contributed by atoms with Crippen molar-refractivity contribution in [3.8, 4) is 0 Å². The molecular weight excluding hydrogens is 196 g/mol. The van der Waals surface area contributed by atoms with Crippen LogP contribution >= 0.6 is 0 Å². The maximum absolute atomic E-state index is 3.51. The molecule has 1 N–H and O–H groups in total. The summed E-state index contributed by atoms with van der Waals surface area (Å²) in [4.78, 5) is 2.77. The molecule has 0 aromatic rings. The number of nitrogens with zero attached hydrogens (tertiary/aromatic N) is 1. The van der Waals surface area contributed by atoms with Gasteiger partial charge < -0.3 is 5.32 Å². The van der Waals surface area contributed by atoms with Crippen LogP contribution < -0.4 is 5.32 Å². The average molecular weight is 224 g/mol. The molecule has 94 valence electrons. The minimum Gasteiger partial charge on any atom is -0.317 e. The molecule has 2 aliphatic rings. The zero-order chi connectivity index (χ0) is 11.5. The molecule has 2 aliphatic carbocycles. The topological polar surface area (TPSA) is 15.3 Å². The van der Waals surface area contributed by atoms with E-state index in [0.717, 1.165) is 23.9 Å². The second kappa shape index (κ2) is 5.50. The Hall–Kier alpha value is -0.0800. The van der Waals surface area contributed by atoms with Crippen molar-refractivity contribution in [1.29, 1.82) is 0 Å². The minimum absolute atomic E-state index is 0.786. The van der Waals surface area contributed by atoms with Crippen molar-refractivity contribution in [2.45, 2.75) is 58.0 Å². The van der Waals surface area contributed by atoms with Gasteiger partial charge in [-0.2, -0.15) is 0 Å². The van der Waals surface area contributed by atoms with Gasteiger partial charge in [0, 0.05) is 25.2 Å². The fourth-order valence-corrected chi connectivity index (χ4v) is 3.22. The predicted octanol–water partition coefficient (Wildman–Crippen LogP) is 2.49. The van der Waals surface area contributed by atoms with Gasteiger partial charge in [-0.05, 0) is 44.6 Å². The molecule has 0 aromatic heterocycles. The summed E-state index contributed by atoms with van der Waals surface area (Å²) in [5.74, 6) is 1.72. The van der Waals surface area contributed by atoms with E-state index in [1.807, 2.05) is 0 Å². The van der Waals surface area contributed by atoms with Crippen molar-refractivity contribution in [3.63, 3.8) is 0 Å². The second-order valence-electron chi connectivity index (χ2n) is 6.17. The van der Waals surface area contributed by atoms with Gasteiger partial charge >= 0.3 is 0 Å². The van der Waals surface area contributed by atoms with Gasteiger partial charge in [-0.3, -0.25) is 4.90 Å². The van der Waals surface area contributed by atoms with Gasteiger partial charge in [0.15, 0.2) is 0 Å². The first kappa shape index (κ1) is 12.4. The van der Waals surface area contributed by atoms with E-state index in [1.54, 1.807) is 0 Å². The van der Waals surface area contributed by atoms with E-state index in [-0.39, 0.29) is 0 Å². The Morgan fingerprint density at radius 2 is 1.94 bits per heavy atom. The van der Waals surface area contributed by atoms with Crippen molar-refractivity contribution in [3.05, 3.63) is 0 Å². The molecule has 0 amide bonds. The van der Waals surface area contributed by atoms with Crippen molar-refractivity contribution < 1.29 is 0 Å². The summed E-state index contributed by atoms with van der Waals surface area (Å²) in [6.45, 7) is 7.34. The van der Waals surface area contributed by atoms with Crippen LogP contribution in [-0.2, 0) is 0 Å². The molecule has 0 radical (unpaired) electrons. The van der Waals surface area contributed by atoms with E-state index < -0.39 is 0 Å². The fraction of sp³-hybridized carbons (Fsp3) is 1.00. The second-order valence-corrected chi connectivity index (χ2v) is 6.17. The third-order valence-corrected chi connectivity index (χ3v) is 4.16. The normalized spacial score (nSPS) is 30.6. The molecule has 0 saturated heterocycles. The highest BCUT2D eigenvalue weighted by molar-refractivity contribution is 4.90. The highest BCUT2D eigenvalue weighted by Crippen LogP contribution is 2.32. The Morgan fingerprint density at radius 3 is 2.50 bits per heavy atom. The lowest BCUT2D eigenvalue weighted by atomic mass is 10.0. The lowest BCUT2D eigenvalue weighted by Gasteiger charge is -2.29. The summed E-state index contributed by atoms with van der Waals surface area (Å²) >= 11 is 0. The lowest BCUT2D eigenvalue weighted by Crippen LogP contribution is -2.40. The molecule has 2 heteroatoms. The van der Waals surface area contributed by atoms with Gasteiger partial charge in [0.1, 0.15) is 0 Å². The Balaban J connectivity index is 1.84. The summed E-state index contributed by atoms with van der Waals surface area (Å²) < 4.78 is 0. The Bertz CT molecular complexity index is 211. The number of hydrogen-bond donors (Lipinski definition) is 1. The van der Waals surface area contributed by atoms with Crippen LogP contribution in [0.3, 0.4) is 0 Å². The van der Waals surface area contributed by atoms with E-state index in [9.17, 15) is 0 Å². The zero-order valence-electron chi connectivity index (χ0n) is 11.2. The van der Waals surface area contributed by atoms with Gasteiger partial charge in [-0.15, -0.1) is 0 Å². The fourth-order valence-electron chi connectivity index (χ4n) is 3.22. The summed E-state index contributed by atoms with van der Waals surface area (Å²) in [7, 11) is 2.13. The zero-order valence-corrected chi connectivity index (χ0v) is 11.2. The first-order valence-electron chi connectivity index (χ1n) is 7.12. The molecule has 0 heterocycles. The maximum Gasteiger partial charge on any atom is 0.0104 e. The van der Waals surface area contributed by atoms with E-state index in [1.165, 1.54) is 45.2 Å². The molecule has 0 spiro atoms. The third-order valence-electron chi connectivity index (χ3n) is 4.16. The van der Waals surface area contributed by atoms with Crippen molar-refractivity contribution in [2.24, 2.45) is 11.8 Å². The molecule has 0 aliphatic heterocycles. The predicted molar refractivity (Wildman–Crippen MR) is 69.6 cm³/mol. The molecule has 2 nitrogen and oxygen atoms in total. The van der Waals surface area contributed by atoms with Crippen LogP contribution in [0.1, 0.15) is 46.0 Å². The monoisotopic (exact) mass is 224 g/mol. The van der Waals surface area contributed by atoms with Crippen molar-refractivity contribution in [1.82, 2.24) is 10.2 Å². The Labute approximate surface area is 101 Å². The summed E-state index contributed by atoms with van der Waals surface area (Å²) in [6, 6.07) is 1.72. The smallest absolute Gasteiger partial charge is 0.0104 e. The summed E-state index contributed by atoms with van der Waals surface area (Å²) in [5.41, 5.74) is 0. The number of hydrogen-bond acceptors (Lipinski definition) is 2. The SMILES string of the molecule is CNC1CCCC1CN(CC(C)C)C1CC1. The van der Waals surface area contributed by atoms with Crippen LogP contribution in [0.5, 0.6) is 0 Å². The highest BCUT2D eigenvalue weighted by atomic mass is 15.2. The summed E-state index contributed by atoms with van der Waals surface area (Å²) in [6.07, 6.45) is 7.15. The molecule has 2 fully saturated rings. The minimum atomic E-state index is 0.786. The van der Waals surface area contributed by atoms with Gasteiger partial charge in [0.05, 0.1) is 0 Å². The highest BCUT2D eigenvalue weighted by Gasteiger charge is 2.34. The van der Waals surface area contributed by atoms with Crippen LogP contribution in [0.25, 0.3) is 0 Å². The van der Waals surface area contributed by atoms with Gasteiger partial charge in [0.2, 0.25) is 0 Å². The number of nitrogens with one attached hydrogen (secondary N) is 1. The van der Waals surface area contributed by atoms with Crippen LogP contribution in [0, 0.1) is 11.8 Å². The van der Waals surface area contributed by atoms with Crippen molar-refractivity contribution >= 4 is 0 Å². The third kappa shape index (κ3) is 3.21. The standard InChI is InChI=1S/C14H28N2/c1-11(2)9-16(13-7-8-13)10-12-5-4-6-14(12)15-3/h11-15H,4-10H2,1-3H3. The summed E-state index contributed by atoms with van der Waals surface area (Å²) in [5, 5.41) is 3.51. The van der Waals surface area contributed by atoms with E-state index >= 15 is 0 Å². The molecule has 2 unspecified atom stereocenters. The van der Waals surface area contributed by atoms with Crippen LogP contribution in [0.4, 0.5) is 0 Å². The largest absolute Gasteiger partial charge is 0.317 e. The van der Waals surface area contributed by atoms with Gasteiger partial charge in [-0.25, -0.2) is 0 Å². The lowest BCUT2D eigenvalue weighted by molar-refractivity contribution is 0.187. The van der Waals surface area contributed by atoms with Crippen LogP contribution in [0.2, 0.25) is 0 Å². The Morgan fingerprint density at radius 1 is 1.19 bits per heavy atom.